The molecule has 2 aromatic carbocycles. The van der Waals surface area contributed by atoms with Gasteiger partial charge in [-0.25, -0.2) is 4.98 Å². The lowest BCUT2D eigenvalue weighted by molar-refractivity contribution is -0.110. The summed E-state index contributed by atoms with van der Waals surface area (Å²) in [5, 5.41) is 3.90. The summed E-state index contributed by atoms with van der Waals surface area (Å²) in [6.45, 7) is 0. The number of rotatable bonds is 3. The molecule has 0 aliphatic carbocycles. The Kier molecular flexibility index (Phi) is 3.58. The monoisotopic (exact) mass is 373 g/mol. The van der Waals surface area contributed by atoms with Gasteiger partial charge in [-0.1, -0.05) is 30.3 Å². The molecule has 1 aliphatic heterocycles. The number of amides is 1. The van der Waals surface area contributed by atoms with Crippen molar-refractivity contribution >= 4 is 44.8 Å². The number of aromatic nitrogens is 2. The number of benzene rings is 2. The van der Waals surface area contributed by atoms with Crippen LogP contribution in [0.3, 0.4) is 0 Å². The van der Waals surface area contributed by atoms with Crippen LogP contribution in [-0.2, 0) is 4.79 Å². The van der Waals surface area contributed by atoms with E-state index in [-0.39, 0.29) is 5.91 Å². The molecule has 4 aromatic rings. The SMILES string of the molecule is COc1cc[nH]c1C=C1C(=O)Nc2ccc3nc(-c4ccccc4)sc3c21. The third-order valence-electron chi connectivity index (χ3n) is 4.59. The van der Waals surface area contributed by atoms with Crippen LogP contribution in [0.2, 0.25) is 0 Å². The highest BCUT2D eigenvalue weighted by Gasteiger charge is 2.28. The van der Waals surface area contributed by atoms with E-state index >= 15 is 0 Å². The first-order valence-electron chi connectivity index (χ1n) is 8.48. The molecule has 0 bridgehead atoms. The highest BCUT2D eigenvalue weighted by molar-refractivity contribution is 7.22. The zero-order valence-corrected chi connectivity index (χ0v) is 15.3. The first-order chi connectivity index (χ1) is 13.2. The van der Waals surface area contributed by atoms with E-state index in [0.29, 0.717) is 11.3 Å². The van der Waals surface area contributed by atoms with Crippen LogP contribution >= 0.6 is 11.3 Å². The normalized spacial score (nSPS) is 14.6. The molecule has 132 valence electrons. The first kappa shape index (κ1) is 15.8. The maximum atomic E-state index is 12.6. The fourth-order valence-corrected chi connectivity index (χ4v) is 4.44. The minimum atomic E-state index is -0.121. The standard InChI is InChI=1S/C21H15N3O2S/c1-26-17-9-10-22-16(17)11-13-18-14(23-20(13)25)7-8-15-19(18)27-21(24-15)12-5-3-2-4-6-12/h2-11,22H,1H3,(H,23,25). The Balaban J connectivity index is 1.71. The summed E-state index contributed by atoms with van der Waals surface area (Å²) in [5.41, 5.74) is 5.04. The predicted octanol–water partition coefficient (Wildman–Crippen LogP) is 4.79. The largest absolute Gasteiger partial charge is 0.495 e. The topological polar surface area (TPSA) is 67.0 Å². The third-order valence-corrected chi connectivity index (χ3v) is 5.73. The van der Waals surface area contributed by atoms with Crippen molar-refractivity contribution in [2.75, 3.05) is 12.4 Å². The molecular formula is C21H15N3O2S. The molecule has 27 heavy (non-hydrogen) atoms. The summed E-state index contributed by atoms with van der Waals surface area (Å²) in [5.74, 6) is 0.578. The Bertz CT molecular complexity index is 1200. The molecule has 6 heteroatoms. The molecule has 1 aliphatic rings. The van der Waals surface area contributed by atoms with Crippen LogP contribution in [0.15, 0.2) is 54.7 Å². The number of fused-ring (bicyclic) bond motifs is 3. The highest BCUT2D eigenvalue weighted by Crippen LogP contribution is 2.43. The molecule has 0 atom stereocenters. The van der Waals surface area contributed by atoms with Gasteiger partial charge in [-0.3, -0.25) is 4.79 Å². The van der Waals surface area contributed by atoms with Gasteiger partial charge in [0.05, 0.1) is 34.3 Å². The van der Waals surface area contributed by atoms with Gasteiger partial charge in [0, 0.05) is 17.3 Å². The number of methoxy groups -OCH3 is 1. The quantitative estimate of drug-likeness (QED) is 0.507. The smallest absolute Gasteiger partial charge is 0.256 e. The molecule has 0 saturated heterocycles. The maximum absolute atomic E-state index is 12.6. The van der Waals surface area contributed by atoms with E-state index in [1.165, 1.54) is 0 Å². The molecular weight excluding hydrogens is 358 g/mol. The molecule has 0 radical (unpaired) electrons. The van der Waals surface area contributed by atoms with Crippen molar-refractivity contribution < 1.29 is 9.53 Å². The van der Waals surface area contributed by atoms with Gasteiger partial charge in [-0.05, 0) is 24.3 Å². The molecule has 3 heterocycles. The van der Waals surface area contributed by atoms with Gasteiger partial charge in [0.25, 0.3) is 5.91 Å². The number of hydrogen-bond acceptors (Lipinski definition) is 4. The van der Waals surface area contributed by atoms with E-state index in [1.807, 2.05) is 54.6 Å². The Hall–Kier alpha value is -3.38. The second-order valence-electron chi connectivity index (χ2n) is 6.19. The maximum Gasteiger partial charge on any atom is 0.256 e. The van der Waals surface area contributed by atoms with Crippen LogP contribution in [0.5, 0.6) is 5.75 Å². The van der Waals surface area contributed by atoms with Crippen LogP contribution < -0.4 is 10.1 Å². The summed E-state index contributed by atoms with van der Waals surface area (Å²) < 4.78 is 6.35. The van der Waals surface area contributed by atoms with E-state index in [9.17, 15) is 4.79 Å². The zero-order valence-electron chi connectivity index (χ0n) is 14.4. The van der Waals surface area contributed by atoms with Gasteiger partial charge in [-0.2, -0.15) is 0 Å². The minimum Gasteiger partial charge on any atom is -0.495 e. The number of H-pyrrole nitrogens is 1. The number of thiazole rings is 1. The Labute approximate surface area is 159 Å². The van der Waals surface area contributed by atoms with Crippen molar-refractivity contribution in [1.29, 1.82) is 0 Å². The molecule has 5 nitrogen and oxygen atoms in total. The van der Waals surface area contributed by atoms with Crippen LogP contribution in [0.25, 0.3) is 32.4 Å². The Morgan fingerprint density at radius 2 is 1.96 bits per heavy atom. The molecule has 1 amide bonds. The average molecular weight is 373 g/mol. The van der Waals surface area contributed by atoms with Crippen molar-refractivity contribution in [2.45, 2.75) is 0 Å². The minimum absolute atomic E-state index is 0.121. The fraction of sp³-hybridized carbons (Fsp3) is 0.0476. The lowest BCUT2D eigenvalue weighted by Crippen LogP contribution is -2.03. The number of ether oxygens (including phenoxy) is 1. The summed E-state index contributed by atoms with van der Waals surface area (Å²) in [6.07, 6.45) is 3.63. The van der Waals surface area contributed by atoms with E-state index in [4.69, 9.17) is 9.72 Å². The number of nitrogens with one attached hydrogen (secondary N) is 2. The molecule has 0 fully saturated rings. The first-order valence-corrected chi connectivity index (χ1v) is 9.30. The van der Waals surface area contributed by atoms with Gasteiger partial charge in [-0.15, -0.1) is 11.3 Å². The molecule has 5 rings (SSSR count). The second kappa shape index (κ2) is 6.10. The number of anilines is 1. The molecule has 2 aromatic heterocycles. The molecule has 0 spiro atoms. The van der Waals surface area contributed by atoms with Crippen LogP contribution in [0, 0.1) is 0 Å². The average Bonchev–Trinajstić information content (AvgIpc) is 3.39. The second-order valence-corrected chi connectivity index (χ2v) is 7.19. The zero-order chi connectivity index (χ0) is 18.4. The fourth-order valence-electron chi connectivity index (χ4n) is 3.31. The van der Waals surface area contributed by atoms with E-state index in [1.54, 1.807) is 24.6 Å². The predicted molar refractivity (Wildman–Crippen MR) is 109 cm³/mol. The summed E-state index contributed by atoms with van der Waals surface area (Å²) in [7, 11) is 1.61. The van der Waals surface area contributed by atoms with Crippen LogP contribution in [-0.4, -0.2) is 23.0 Å². The lowest BCUT2D eigenvalue weighted by atomic mass is 10.1. The van der Waals surface area contributed by atoms with Gasteiger partial charge >= 0.3 is 0 Å². The van der Waals surface area contributed by atoms with Gasteiger partial charge in [0.2, 0.25) is 0 Å². The Morgan fingerprint density at radius 3 is 2.78 bits per heavy atom. The molecule has 2 N–H and O–H groups in total. The van der Waals surface area contributed by atoms with Gasteiger partial charge in [0.15, 0.2) is 0 Å². The van der Waals surface area contributed by atoms with Crippen LogP contribution in [0.4, 0.5) is 5.69 Å². The highest BCUT2D eigenvalue weighted by atomic mass is 32.1. The number of carbonyl (C=O) groups is 1. The molecule has 0 saturated carbocycles. The summed E-state index contributed by atoms with van der Waals surface area (Å²) >= 11 is 1.60. The number of hydrogen-bond donors (Lipinski definition) is 2. The van der Waals surface area contributed by atoms with Crippen molar-refractivity contribution in [3.63, 3.8) is 0 Å². The van der Waals surface area contributed by atoms with Crippen molar-refractivity contribution in [2.24, 2.45) is 0 Å². The van der Waals surface area contributed by atoms with E-state index in [2.05, 4.69) is 10.3 Å². The van der Waals surface area contributed by atoms with E-state index < -0.39 is 0 Å². The lowest BCUT2D eigenvalue weighted by Gasteiger charge is -2.01. The number of nitrogens with zero attached hydrogens (tertiary/aromatic N) is 1. The summed E-state index contributed by atoms with van der Waals surface area (Å²) in [6, 6.07) is 15.8. The Morgan fingerprint density at radius 1 is 1.11 bits per heavy atom. The summed E-state index contributed by atoms with van der Waals surface area (Å²) in [4.78, 5) is 20.5. The van der Waals surface area contributed by atoms with E-state index in [0.717, 1.165) is 37.7 Å². The molecule has 0 unspecified atom stereocenters. The van der Waals surface area contributed by atoms with Crippen molar-refractivity contribution in [3.8, 4) is 16.3 Å². The number of aromatic amines is 1. The number of carbonyl (C=O) groups excluding carboxylic acids is 1. The van der Waals surface area contributed by atoms with Crippen molar-refractivity contribution in [3.05, 3.63) is 66.0 Å². The van der Waals surface area contributed by atoms with Crippen LogP contribution in [0.1, 0.15) is 11.3 Å². The van der Waals surface area contributed by atoms with Gasteiger partial charge in [0.1, 0.15) is 10.8 Å². The third kappa shape index (κ3) is 2.53. The van der Waals surface area contributed by atoms with Crippen molar-refractivity contribution in [1.82, 2.24) is 9.97 Å². The van der Waals surface area contributed by atoms with Gasteiger partial charge < -0.3 is 15.0 Å².